The molecule has 3 aromatic rings. The van der Waals surface area contributed by atoms with E-state index in [2.05, 4.69) is 15.7 Å². The van der Waals surface area contributed by atoms with E-state index in [1.807, 2.05) is 0 Å². The van der Waals surface area contributed by atoms with Crippen molar-refractivity contribution >= 4 is 40.6 Å². The van der Waals surface area contributed by atoms with E-state index in [9.17, 15) is 18.0 Å². The summed E-state index contributed by atoms with van der Waals surface area (Å²) in [5.41, 5.74) is 0.302. The molecule has 2 atom stereocenters. The molecule has 0 aliphatic carbocycles. The highest BCUT2D eigenvalue weighted by Crippen LogP contribution is 2.44. The van der Waals surface area contributed by atoms with Gasteiger partial charge in [0.1, 0.15) is 17.1 Å². The summed E-state index contributed by atoms with van der Waals surface area (Å²) >= 11 is 11.8. The molecule has 1 amide bonds. The smallest absolute Gasteiger partial charge is 0.410 e. The summed E-state index contributed by atoms with van der Waals surface area (Å²) in [7, 11) is 0. The first-order valence-corrected chi connectivity index (χ1v) is 9.20. The Balaban J connectivity index is 1.67. The normalized spacial score (nSPS) is 18.8. The third-order valence-corrected chi connectivity index (χ3v) is 5.29. The van der Waals surface area contributed by atoms with E-state index >= 15 is 0 Å². The first kappa shape index (κ1) is 19.7. The highest BCUT2D eigenvalue weighted by atomic mass is 35.5. The quantitative estimate of drug-likeness (QED) is 0.543. The molecule has 0 spiro atoms. The number of fused-ring (bicyclic) bond motifs is 1. The Morgan fingerprint density at radius 2 is 2.07 bits per heavy atom. The standard InChI is InChI=1S/C18H13Cl2F3N4O2/c19-11-4-3-9(6-12(11)20)25-17(28)10-8-24-27-15(18(21,22)23)7-13(26-16(10)27)14-2-1-5-29-14/h1-6,8,13,15,26H,7H2,(H,25,28). The second-order valence-corrected chi connectivity index (χ2v) is 7.25. The average Bonchev–Trinajstić information content (AvgIpc) is 3.32. The van der Waals surface area contributed by atoms with Crippen molar-refractivity contribution in [3.8, 4) is 0 Å². The number of halogens is 5. The van der Waals surface area contributed by atoms with Gasteiger partial charge in [-0.2, -0.15) is 18.3 Å². The minimum Gasteiger partial charge on any atom is -0.467 e. The molecule has 29 heavy (non-hydrogen) atoms. The molecular weight excluding hydrogens is 432 g/mol. The Bertz CT molecular complexity index is 1050. The maximum atomic E-state index is 13.6. The van der Waals surface area contributed by atoms with Crippen LogP contribution in [0.1, 0.15) is 34.6 Å². The Morgan fingerprint density at radius 1 is 1.28 bits per heavy atom. The van der Waals surface area contributed by atoms with Crippen LogP contribution in [-0.4, -0.2) is 21.9 Å². The molecule has 0 fully saturated rings. The van der Waals surface area contributed by atoms with Crippen LogP contribution in [0.3, 0.4) is 0 Å². The first-order valence-electron chi connectivity index (χ1n) is 8.44. The molecule has 4 rings (SSSR count). The van der Waals surface area contributed by atoms with Gasteiger partial charge in [0.2, 0.25) is 0 Å². The summed E-state index contributed by atoms with van der Waals surface area (Å²) < 4.78 is 46.9. The molecule has 152 valence electrons. The van der Waals surface area contributed by atoms with Crippen LogP contribution in [0.15, 0.2) is 47.2 Å². The number of amides is 1. The number of hydrogen-bond acceptors (Lipinski definition) is 4. The fraction of sp³-hybridized carbons (Fsp3) is 0.222. The molecule has 6 nitrogen and oxygen atoms in total. The largest absolute Gasteiger partial charge is 0.467 e. The molecular formula is C18H13Cl2F3N4O2. The molecule has 1 aromatic carbocycles. The molecule has 1 aliphatic rings. The molecule has 2 aromatic heterocycles. The van der Waals surface area contributed by atoms with E-state index < -0.39 is 24.2 Å². The van der Waals surface area contributed by atoms with Crippen molar-refractivity contribution in [2.75, 3.05) is 10.6 Å². The van der Waals surface area contributed by atoms with Crippen LogP contribution in [0.25, 0.3) is 0 Å². The number of benzene rings is 1. The first-order chi connectivity index (χ1) is 13.7. The van der Waals surface area contributed by atoms with E-state index in [1.54, 1.807) is 12.1 Å². The molecule has 3 heterocycles. The third-order valence-electron chi connectivity index (χ3n) is 4.55. The molecule has 0 saturated carbocycles. The molecule has 0 bridgehead atoms. The zero-order chi connectivity index (χ0) is 20.8. The van der Waals surface area contributed by atoms with Gasteiger partial charge in [0.15, 0.2) is 6.04 Å². The van der Waals surface area contributed by atoms with E-state index in [4.69, 9.17) is 27.6 Å². The molecule has 0 radical (unpaired) electrons. The molecule has 2 unspecified atom stereocenters. The van der Waals surface area contributed by atoms with Gasteiger partial charge in [-0.25, -0.2) is 4.68 Å². The second-order valence-electron chi connectivity index (χ2n) is 6.44. The summed E-state index contributed by atoms with van der Waals surface area (Å²) in [6.45, 7) is 0. The minimum atomic E-state index is -4.55. The summed E-state index contributed by atoms with van der Waals surface area (Å²) in [4.78, 5) is 12.7. The van der Waals surface area contributed by atoms with Gasteiger partial charge in [-0.1, -0.05) is 23.2 Å². The van der Waals surface area contributed by atoms with E-state index in [-0.39, 0.29) is 22.8 Å². The number of anilines is 2. The summed E-state index contributed by atoms with van der Waals surface area (Å²) in [5, 5.41) is 9.87. The van der Waals surface area contributed by atoms with E-state index in [0.717, 1.165) is 10.9 Å². The van der Waals surface area contributed by atoms with Crippen molar-refractivity contribution in [1.82, 2.24) is 9.78 Å². The monoisotopic (exact) mass is 444 g/mol. The van der Waals surface area contributed by atoms with Crippen LogP contribution in [0.4, 0.5) is 24.7 Å². The average molecular weight is 445 g/mol. The number of nitrogens with one attached hydrogen (secondary N) is 2. The number of rotatable bonds is 3. The second kappa shape index (κ2) is 7.31. The van der Waals surface area contributed by atoms with Gasteiger partial charge in [0.05, 0.1) is 28.5 Å². The van der Waals surface area contributed by atoms with Gasteiger partial charge in [-0.15, -0.1) is 0 Å². The van der Waals surface area contributed by atoms with Crippen LogP contribution >= 0.6 is 23.2 Å². The number of alkyl halides is 3. The Labute approximate surface area is 172 Å². The van der Waals surface area contributed by atoms with Crippen LogP contribution in [0.5, 0.6) is 0 Å². The molecule has 11 heteroatoms. The predicted octanol–water partition coefficient (Wildman–Crippen LogP) is 5.70. The summed E-state index contributed by atoms with van der Waals surface area (Å²) in [6.07, 6.45) is -2.40. The van der Waals surface area contributed by atoms with Crippen LogP contribution < -0.4 is 10.6 Å². The van der Waals surface area contributed by atoms with Gasteiger partial charge in [0, 0.05) is 12.1 Å². The zero-order valence-electron chi connectivity index (χ0n) is 14.5. The van der Waals surface area contributed by atoms with E-state index in [0.29, 0.717) is 16.5 Å². The molecule has 0 saturated heterocycles. The topological polar surface area (TPSA) is 72.1 Å². The predicted molar refractivity (Wildman–Crippen MR) is 101 cm³/mol. The van der Waals surface area contributed by atoms with Crippen molar-refractivity contribution in [3.63, 3.8) is 0 Å². The lowest BCUT2D eigenvalue weighted by molar-refractivity contribution is -0.174. The lowest BCUT2D eigenvalue weighted by atomic mass is 10.0. The number of furan rings is 1. The van der Waals surface area contributed by atoms with E-state index in [1.165, 1.54) is 24.5 Å². The van der Waals surface area contributed by atoms with Crippen LogP contribution in [0.2, 0.25) is 10.0 Å². The number of nitrogens with zero attached hydrogens (tertiary/aromatic N) is 2. The van der Waals surface area contributed by atoms with Gasteiger partial charge in [-0.05, 0) is 30.3 Å². The third kappa shape index (κ3) is 3.79. The number of aromatic nitrogens is 2. The fourth-order valence-electron chi connectivity index (χ4n) is 3.18. The number of carbonyl (C=O) groups is 1. The Hall–Kier alpha value is -2.65. The Morgan fingerprint density at radius 3 is 2.72 bits per heavy atom. The van der Waals surface area contributed by atoms with Crippen LogP contribution in [0, 0.1) is 0 Å². The van der Waals surface area contributed by atoms with Crippen molar-refractivity contribution in [1.29, 1.82) is 0 Å². The van der Waals surface area contributed by atoms with Gasteiger partial charge in [0.25, 0.3) is 5.91 Å². The van der Waals surface area contributed by atoms with Crippen molar-refractivity contribution in [2.24, 2.45) is 0 Å². The Kier molecular flexibility index (Phi) is 4.95. The summed E-state index contributed by atoms with van der Waals surface area (Å²) in [6, 6.07) is 4.96. The lowest BCUT2D eigenvalue weighted by Crippen LogP contribution is -2.36. The maximum Gasteiger partial charge on any atom is 0.410 e. The van der Waals surface area contributed by atoms with Gasteiger partial charge < -0.3 is 15.1 Å². The van der Waals surface area contributed by atoms with Gasteiger partial charge >= 0.3 is 6.18 Å². The summed E-state index contributed by atoms with van der Waals surface area (Å²) in [5.74, 6) is -0.349. The zero-order valence-corrected chi connectivity index (χ0v) is 16.0. The number of hydrogen-bond donors (Lipinski definition) is 2. The minimum absolute atomic E-state index is 0.0402. The van der Waals surface area contributed by atoms with Crippen molar-refractivity contribution in [3.05, 3.63) is 64.2 Å². The molecule has 2 N–H and O–H groups in total. The molecule has 1 aliphatic heterocycles. The van der Waals surface area contributed by atoms with Gasteiger partial charge in [-0.3, -0.25) is 4.79 Å². The van der Waals surface area contributed by atoms with Crippen molar-refractivity contribution in [2.45, 2.75) is 24.7 Å². The highest BCUT2D eigenvalue weighted by Gasteiger charge is 2.47. The fourth-order valence-corrected chi connectivity index (χ4v) is 3.48. The number of carbonyl (C=O) groups excluding carboxylic acids is 1. The van der Waals surface area contributed by atoms with Crippen LogP contribution in [-0.2, 0) is 0 Å². The highest BCUT2D eigenvalue weighted by molar-refractivity contribution is 6.42. The lowest BCUT2D eigenvalue weighted by Gasteiger charge is -2.32. The SMILES string of the molecule is O=C(Nc1ccc(Cl)c(Cl)c1)c1cnn2c1NC(c1ccco1)CC2C(F)(F)F. The maximum absolute atomic E-state index is 13.6. The van der Waals surface area contributed by atoms with Crippen molar-refractivity contribution < 1.29 is 22.4 Å².